The van der Waals surface area contributed by atoms with Crippen LogP contribution in [0.2, 0.25) is 0 Å². The van der Waals surface area contributed by atoms with Crippen LogP contribution in [0.1, 0.15) is 57.8 Å². The van der Waals surface area contributed by atoms with Crippen molar-refractivity contribution in [2.45, 2.75) is 69.0 Å². The molecule has 0 atom stereocenters. The van der Waals surface area contributed by atoms with Gasteiger partial charge in [0.2, 0.25) is 10.0 Å². The van der Waals surface area contributed by atoms with Gasteiger partial charge in [-0.2, -0.15) is 0 Å². The van der Waals surface area contributed by atoms with Crippen molar-refractivity contribution < 1.29 is 27.1 Å². The van der Waals surface area contributed by atoms with Crippen LogP contribution in [0.25, 0.3) is 0 Å². The third-order valence-corrected chi connectivity index (χ3v) is 6.66. The van der Waals surface area contributed by atoms with Crippen molar-refractivity contribution in [1.82, 2.24) is 14.9 Å². The smallest absolute Gasteiger partial charge is 0.410 e. The van der Waals surface area contributed by atoms with E-state index in [1.165, 1.54) is 4.90 Å². The lowest BCUT2D eigenvalue weighted by Gasteiger charge is -2.48. The fourth-order valence-electron chi connectivity index (χ4n) is 3.19. The van der Waals surface area contributed by atoms with E-state index in [0.717, 1.165) is 31.0 Å². The highest BCUT2D eigenvalue weighted by atomic mass is 32.2. The lowest BCUT2D eigenvalue weighted by Crippen LogP contribution is -2.70. The molecule has 0 radical (unpaired) electrons. The number of amides is 2. The normalized spacial score (nSPS) is 19.6. The number of hydrogen-bond acceptors (Lipinski definition) is 5. The summed E-state index contributed by atoms with van der Waals surface area (Å²) in [6.07, 6.45) is 0.966. The third-order valence-electron chi connectivity index (χ3n) is 5.02. The maximum Gasteiger partial charge on any atom is 0.410 e. The number of sulfonamides is 1. The molecule has 0 aromatic heterocycles. The molecule has 1 saturated carbocycles. The minimum atomic E-state index is -3.87. The predicted octanol–water partition coefficient (Wildman–Crippen LogP) is 2.40. The summed E-state index contributed by atoms with van der Waals surface area (Å²) < 4.78 is 47.2. The van der Waals surface area contributed by atoms with Gasteiger partial charge in [0.1, 0.15) is 11.4 Å². The highest BCUT2D eigenvalue weighted by Gasteiger charge is 2.45. The second kappa shape index (κ2) is 7.19. The van der Waals surface area contributed by atoms with Crippen LogP contribution in [0.4, 0.5) is 9.18 Å². The molecule has 10 heteroatoms. The van der Waals surface area contributed by atoms with Crippen molar-refractivity contribution in [2.24, 2.45) is 0 Å². The van der Waals surface area contributed by atoms with E-state index < -0.39 is 44.5 Å². The van der Waals surface area contributed by atoms with Gasteiger partial charge in [0.25, 0.3) is 5.91 Å². The molecule has 2 fully saturated rings. The van der Waals surface area contributed by atoms with Crippen LogP contribution in [-0.2, 0) is 14.8 Å². The molecule has 1 saturated heterocycles. The Morgan fingerprint density at radius 1 is 1.13 bits per heavy atom. The minimum Gasteiger partial charge on any atom is -0.444 e. The van der Waals surface area contributed by atoms with Crippen molar-refractivity contribution in [2.75, 3.05) is 13.1 Å². The number of nitrogens with zero attached hydrogens (tertiary/aromatic N) is 1. The number of hydrogen-bond donors (Lipinski definition) is 2. The standard InChI is InChI=1S/C20H28FN3O5S/c1-18(2,3)29-17(26)24-11-20(5,12-24)22-16(25)14-10-13(6-7-15(14)21)30(27,28)23-19(4)8-9-19/h6-7,10,23H,8-9,11-12H2,1-5H3,(H,22,25). The van der Waals surface area contributed by atoms with Gasteiger partial charge in [-0.05, 0) is 65.7 Å². The largest absolute Gasteiger partial charge is 0.444 e. The summed E-state index contributed by atoms with van der Waals surface area (Å²) >= 11 is 0. The molecule has 0 bridgehead atoms. The van der Waals surface area contributed by atoms with E-state index in [9.17, 15) is 22.4 Å². The predicted molar refractivity (Wildman–Crippen MR) is 108 cm³/mol. The summed E-state index contributed by atoms with van der Waals surface area (Å²) in [6.45, 7) is 9.19. The summed E-state index contributed by atoms with van der Waals surface area (Å²) in [5.41, 5.74) is -2.25. The van der Waals surface area contributed by atoms with Crippen molar-refractivity contribution in [3.63, 3.8) is 0 Å². The molecule has 1 aromatic carbocycles. The number of likely N-dealkylation sites (tertiary alicyclic amines) is 1. The van der Waals surface area contributed by atoms with E-state index in [-0.39, 0.29) is 23.5 Å². The van der Waals surface area contributed by atoms with Crippen LogP contribution >= 0.6 is 0 Å². The molecular formula is C20H28FN3O5S. The molecule has 3 rings (SSSR count). The number of benzene rings is 1. The Morgan fingerprint density at radius 2 is 1.73 bits per heavy atom. The molecule has 2 N–H and O–H groups in total. The molecule has 0 spiro atoms. The Labute approximate surface area is 176 Å². The van der Waals surface area contributed by atoms with Gasteiger partial charge in [-0.25, -0.2) is 22.3 Å². The van der Waals surface area contributed by atoms with Crippen LogP contribution in [-0.4, -0.2) is 55.1 Å². The van der Waals surface area contributed by atoms with E-state index in [0.29, 0.717) is 0 Å². The van der Waals surface area contributed by atoms with Gasteiger partial charge in [0.15, 0.2) is 0 Å². The first-order chi connectivity index (χ1) is 13.6. The first-order valence-electron chi connectivity index (χ1n) is 9.76. The summed E-state index contributed by atoms with van der Waals surface area (Å²) in [5, 5.41) is 2.69. The molecule has 30 heavy (non-hydrogen) atoms. The van der Waals surface area contributed by atoms with E-state index in [2.05, 4.69) is 10.0 Å². The van der Waals surface area contributed by atoms with Gasteiger partial charge in [-0.1, -0.05) is 0 Å². The molecule has 166 valence electrons. The average Bonchev–Trinajstić information content (AvgIpc) is 3.26. The summed E-state index contributed by atoms with van der Waals surface area (Å²) in [6, 6.07) is 3.14. The number of ether oxygens (including phenoxy) is 1. The number of halogens is 1. The molecule has 8 nitrogen and oxygen atoms in total. The Kier molecular flexibility index (Phi) is 5.39. The molecule has 2 aliphatic rings. The van der Waals surface area contributed by atoms with Crippen molar-refractivity contribution in [1.29, 1.82) is 0 Å². The molecule has 1 aliphatic carbocycles. The van der Waals surface area contributed by atoms with Gasteiger partial charge >= 0.3 is 6.09 Å². The molecular weight excluding hydrogens is 413 g/mol. The maximum atomic E-state index is 14.3. The highest BCUT2D eigenvalue weighted by molar-refractivity contribution is 7.89. The molecule has 0 unspecified atom stereocenters. The van der Waals surface area contributed by atoms with E-state index in [4.69, 9.17) is 4.74 Å². The number of rotatable bonds is 5. The second-order valence-electron chi connectivity index (χ2n) is 9.66. The van der Waals surface area contributed by atoms with Crippen LogP contribution in [0, 0.1) is 5.82 Å². The zero-order chi connectivity index (χ0) is 22.5. The Hall–Kier alpha value is -2.20. The fraction of sp³-hybridized carbons (Fsp3) is 0.600. The Balaban J connectivity index is 1.68. The van der Waals surface area contributed by atoms with Crippen LogP contribution in [0.5, 0.6) is 0 Å². The van der Waals surface area contributed by atoms with E-state index >= 15 is 0 Å². The summed E-state index contributed by atoms with van der Waals surface area (Å²) in [4.78, 5) is 26.0. The minimum absolute atomic E-state index is 0.170. The maximum absolute atomic E-state index is 14.3. The molecule has 1 aliphatic heterocycles. The zero-order valence-corrected chi connectivity index (χ0v) is 18.7. The van der Waals surface area contributed by atoms with Crippen molar-refractivity contribution >= 4 is 22.0 Å². The zero-order valence-electron chi connectivity index (χ0n) is 17.8. The van der Waals surface area contributed by atoms with Crippen molar-refractivity contribution in [3.8, 4) is 0 Å². The number of carbonyl (C=O) groups is 2. The van der Waals surface area contributed by atoms with E-state index in [1.54, 1.807) is 34.6 Å². The van der Waals surface area contributed by atoms with Crippen LogP contribution < -0.4 is 10.0 Å². The van der Waals surface area contributed by atoms with Gasteiger partial charge in [-0.3, -0.25) is 4.79 Å². The summed E-state index contributed by atoms with van der Waals surface area (Å²) in [5.74, 6) is -1.57. The van der Waals surface area contributed by atoms with Gasteiger partial charge in [0, 0.05) is 18.6 Å². The lowest BCUT2D eigenvalue weighted by atomic mass is 9.92. The Morgan fingerprint density at radius 3 is 2.27 bits per heavy atom. The molecule has 1 heterocycles. The molecule has 2 amide bonds. The Bertz CT molecular complexity index is 977. The monoisotopic (exact) mass is 441 g/mol. The quantitative estimate of drug-likeness (QED) is 0.730. The van der Waals surface area contributed by atoms with Gasteiger partial charge in [0.05, 0.1) is 16.0 Å². The topological polar surface area (TPSA) is 105 Å². The average molecular weight is 442 g/mol. The fourth-order valence-corrected chi connectivity index (χ4v) is 4.68. The van der Waals surface area contributed by atoms with Crippen LogP contribution in [0.15, 0.2) is 23.1 Å². The van der Waals surface area contributed by atoms with Crippen molar-refractivity contribution in [3.05, 3.63) is 29.6 Å². The lowest BCUT2D eigenvalue weighted by molar-refractivity contribution is -0.0115. The van der Waals surface area contributed by atoms with Crippen LogP contribution in [0.3, 0.4) is 0 Å². The number of nitrogens with one attached hydrogen (secondary N) is 2. The first-order valence-corrected chi connectivity index (χ1v) is 11.2. The van der Waals surface area contributed by atoms with E-state index in [1.807, 2.05) is 0 Å². The van der Waals surface area contributed by atoms with Gasteiger partial charge < -0.3 is 15.0 Å². The SMILES string of the molecule is CC1(NC(=O)c2cc(S(=O)(=O)NC3(C)CC3)ccc2F)CN(C(=O)OC(C)(C)C)C1. The second-order valence-corrected chi connectivity index (χ2v) is 11.3. The molecule has 1 aromatic rings. The van der Waals surface area contributed by atoms with Gasteiger partial charge in [-0.15, -0.1) is 0 Å². The first kappa shape index (κ1) is 22.5. The number of carbonyl (C=O) groups excluding carboxylic acids is 2. The highest BCUT2D eigenvalue weighted by Crippen LogP contribution is 2.36. The third kappa shape index (κ3) is 5.10. The summed E-state index contributed by atoms with van der Waals surface area (Å²) in [7, 11) is -3.87.